The van der Waals surface area contributed by atoms with Gasteiger partial charge in [-0.2, -0.15) is 0 Å². The van der Waals surface area contributed by atoms with E-state index in [1.165, 1.54) is 0 Å². The molecule has 0 aromatic heterocycles. The first-order chi connectivity index (χ1) is 20.7. The Hall–Kier alpha value is -0.753. The van der Waals surface area contributed by atoms with Gasteiger partial charge in [-0.3, -0.25) is 4.79 Å². The van der Waals surface area contributed by atoms with E-state index in [-0.39, 0.29) is 18.1 Å². The van der Waals surface area contributed by atoms with E-state index in [4.69, 9.17) is 56.9 Å². The van der Waals surface area contributed by atoms with Gasteiger partial charge in [-0.1, -0.05) is 20.8 Å². The van der Waals surface area contributed by atoms with E-state index in [1.807, 2.05) is 0 Å². The van der Waals surface area contributed by atoms with Gasteiger partial charge >= 0.3 is 5.97 Å². The highest BCUT2D eigenvalue weighted by molar-refractivity contribution is 6.74. The second-order valence-electron chi connectivity index (χ2n) is 10.9. The first-order valence-corrected chi connectivity index (χ1v) is 18.2. The molecule has 0 atom stereocenters. The molecule has 0 fully saturated rings. The van der Waals surface area contributed by atoms with Crippen LogP contribution in [-0.2, 0) is 56.6 Å². The lowest BCUT2D eigenvalue weighted by atomic mass is 10.2. The largest absolute Gasteiger partial charge is 0.481 e. The molecule has 0 aromatic rings. The summed E-state index contributed by atoms with van der Waals surface area (Å²) < 4.78 is 60.3. The topological polar surface area (TPSA) is 139 Å². The molecule has 1 N–H and O–H groups in total. The molecule has 0 unspecified atom stereocenters. The number of hydrogen-bond acceptors (Lipinski definition) is 12. The molecule has 0 aliphatic carbocycles. The number of carboxylic acids is 1. The smallest absolute Gasteiger partial charge is 0.305 e. The van der Waals surface area contributed by atoms with Crippen LogP contribution in [0.15, 0.2) is 0 Å². The standard InChI is InChI=1S/C29H60O13Si/c1-29(2,3)43(4,5)42-27-26-41-25-24-40-23-22-39-21-20-38-19-18-37-17-16-36-15-14-35-13-12-34-11-10-33-9-8-32-7-6-28(30)31/h6-27H2,1-5H3,(H,30,31). The van der Waals surface area contributed by atoms with Crippen LogP contribution in [0.5, 0.6) is 0 Å². The predicted molar refractivity (Wildman–Crippen MR) is 164 cm³/mol. The van der Waals surface area contributed by atoms with Crippen molar-refractivity contribution in [1.29, 1.82) is 0 Å². The second kappa shape index (κ2) is 29.9. The summed E-state index contributed by atoms with van der Waals surface area (Å²) in [5.41, 5.74) is 0. The van der Waals surface area contributed by atoms with Crippen molar-refractivity contribution in [2.24, 2.45) is 0 Å². The van der Waals surface area contributed by atoms with Gasteiger partial charge in [-0.05, 0) is 18.1 Å². The molecule has 0 bridgehead atoms. The van der Waals surface area contributed by atoms with Crippen LogP contribution < -0.4 is 0 Å². The van der Waals surface area contributed by atoms with E-state index < -0.39 is 14.3 Å². The quantitative estimate of drug-likeness (QED) is 0.0812. The lowest BCUT2D eigenvalue weighted by Crippen LogP contribution is -2.41. The highest BCUT2D eigenvalue weighted by Gasteiger charge is 2.36. The first kappa shape index (κ1) is 42.2. The molecule has 0 radical (unpaired) electrons. The number of rotatable bonds is 34. The molecule has 14 heteroatoms. The Bertz CT molecular complexity index is 605. The summed E-state index contributed by atoms with van der Waals surface area (Å²) in [4.78, 5) is 10.3. The summed E-state index contributed by atoms with van der Waals surface area (Å²) in [7, 11) is -1.70. The third-order valence-electron chi connectivity index (χ3n) is 6.31. The molecule has 0 amide bonds. The maximum absolute atomic E-state index is 10.3. The Morgan fingerprint density at radius 2 is 0.651 bits per heavy atom. The van der Waals surface area contributed by atoms with Crippen molar-refractivity contribution in [2.75, 3.05) is 139 Å². The van der Waals surface area contributed by atoms with Crippen molar-refractivity contribution in [3.63, 3.8) is 0 Å². The van der Waals surface area contributed by atoms with Gasteiger partial charge in [0.05, 0.1) is 145 Å². The van der Waals surface area contributed by atoms with Crippen molar-refractivity contribution in [2.45, 2.75) is 45.3 Å². The molecule has 0 spiro atoms. The summed E-state index contributed by atoms with van der Waals surface area (Å²) in [6.45, 7) is 21.4. The summed E-state index contributed by atoms with van der Waals surface area (Å²) >= 11 is 0. The highest BCUT2D eigenvalue weighted by atomic mass is 28.4. The zero-order valence-electron chi connectivity index (χ0n) is 27.4. The van der Waals surface area contributed by atoms with Gasteiger partial charge in [0.1, 0.15) is 0 Å². The molecule has 0 heterocycles. The van der Waals surface area contributed by atoms with E-state index in [1.54, 1.807) is 0 Å². The zero-order valence-corrected chi connectivity index (χ0v) is 28.4. The third kappa shape index (κ3) is 31.0. The van der Waals surface area contributed by atoms with Crippen LogP contribution in [0.4, 0.5) is 0 Å². The van der Waals surface area contributed by atoms with E-state index in [0.717, 1.165) is 0 Å². The Morgan fingerprint density at radius 1 is 0.442 bits per heavy atom. The van der Waals surface area contributed by atoms with Crippen molar-refractivity contribution >= 4 is 14.3 Å². The average molecular weight is 645 g/mol. The van der Waals surface area contributed by atoms with Crippen LogP contribution in [0.1, 0.15) is 27.2 Å². The molecule has 0 aliphatic rings. The molecule has 0 saturated heterocycles. The van der Waals surface area contributed by atoms with Crippen molar-refractivity contribution < 1.29 is 61.7 Å². The second-order valence-corrected chi connectivity index (χ2v) is 15.7. The van der Waals surface area contributed by atoms with Crippen molar-refractivity contribution in [3.05, 3.63) is 0 Å². The fraction of sp³-hybridized carbons (Fsp3) is 0.966. The van der Waals surface area contributed by atoms with Crippen molar-refractivity contribution in [3.8, 4) is 0 Å². The monoisotopic (exact) mass is 644 g/mol. The Kier molecular flexibility index (Phi) is 29.4. The van der Waals surface area contributed by atoms with Gasteiger partial charge in [0.15, 0.2) is 8.32 Å². The van der Waals surface area contributed by atoms with Crippen LogP contribution in [0, 0.1) is 0 Å². The molecule has 258 valence electrons. The summed E-state index contributed by atoms with van der Waals surface area (Å²) in [5, 5.41) is 8.70. The highest BCUT2D eigenvalue weighted by Crippen LogP contribution is 2.36. The van der Waals surface area contributed by atoms with Gasteiger partial charge in [0, 0.05) is 0 Å². The van der Waals surface area contributed by atoms with Crippen LogP contribution in [0.3, 0.4) is 0 Å². The molecule has 43 heavy (non-hydrogen) atoms. The van der Waals surface area contributed by atoms with Crippen molar-refractivity contribution in [1.82, 2.24) is 0 Å². The number of carboxylic acid groups (broad SMARTS) is 1. The summed E-state index contributed by atoms with van der Waals surface area (Å²) in [6, 6.07) is 0. The zero-order chi connectivity index (χ0) is 31.9. The lowest BCUT2D eigenvalue weighted by molar-refractivity contribution is -0.138. The van der Waals surface area contributed by atoms with Gasteiger partial charge in [0.25, 0.3) is 0 Å². The molecule has 0 aliphatic heterocycles. The average Bonchev–Trinajstić information content (AvgIpc) is 2.94. The van der Waals surface area contributed by atoms with Gasteiger partial charge in [-0.15, -0.1) is 0 Å². The molecular formula is C29H60O13Si. The normalized spacial score (nSPS) is 12.3. The number of aliphatic carboxylic acids is 1. The number of hydrogen-bond donors (Lipinski definition) is 1. The van der Waals surface area contributed by atoms with Gasteiger partial charge < -0.3 is 56.9 Å². The minimum Gasteiger partial charge on any atom is -0.481 e. The van der Waals surface area contributed by atoms with Gasteiger partial charge in [-0.25, -0.2) is 0 Å². The molecule has 0 rings (SSSR count). The summed E-state index contributed by atoms with van der Waals surface area (Å²) in [6.07, 6.45) is -0.0000800. The molecule has 0 aromatic carbocycles. The van der Waals surface area contributed by atoms with E-state index in [0.29, 0.717) is 132 Å². The number of carbonyl (C=O) groups is 1. The first-order valence-electron chi connectivity index (χ1n) is 15.3. The fourth-order valence-electron chi connectivity index (χ4n) is 2.81. The molecule has 13 nitrogen and oxygen atoms in total. The van der Waals surface area contributed by atoms with E-state index in [9.17, 15) is 4.79 Å². The maximum Gasteiger partial charge on any atom is 0.305 e. The predicted octanol–water partition coefficient (Wildman–Crippen LogP) is 2.65. The minimum absolute atomic E-state index is 0.0000800. The third-order valence-corrected chi connectivity index (χ3v) is 10.8. The minimum atomic E-state index is -1.70. The summed E-state index contributed by atoms with van der Waals surface area (Å²) in [5.74, 6) is -0.872. The van der Waals surface area contributed by atoms with E-state index in [2.05, 4.69) is 33.9 Å². The molecular weight excluding hydrogens is 584 g/mol. The van der Waals surface area contributed by atoms with Crippen LogP contribution >= 0.6 is 0 Å². The Morgan fingerprint density at radius 3 is 0.860 bits per heavy atom. The van der Waals surface area contributed by atoms with E-state index >= 15 is 0 Å². The molecule has 0 saturated carbocycles. The Balaban J connectivity index is 3.13. The van der Waals surface area contributed by atoms with Crippen LogP contribution in [0.25, 0.3) is 0 Å². The van der Waals surface area contributed by atoms with Crippen LogP contribution in [-0.4, -0.2) is 158 Å². The Labute approximate surface area is 260 Å². The number of ether oxygens (including phenoxy) is 10. The SMILES string of the molecule is CC(C)(C)[Si](C)(C)OCCOCCOCCOCCOCCOCCOCCOCCOCCOCCOCCC(=O)O. The maximum atomic E-state index is 10.3. The van der Waals surface area contributed by atoms with Crippen LogP contribution in [0.2, 0.25) is 18.1 Å². The lowest BCUT2D eigenvalue weighted by Gasteiger charge is -2.36. The van der Waals surface area contributed by atoms with Gasteiger partial charge in [0.2, 0.25) is 0 Å². The fourth-order valence-corrected chi connectivity index (χ4v) is 3.84.